The zero-order valence-corrected chi connectivity index (χ0v) is 15.3. The second-order valence-electron chi connectivity index (χ2n) is 5.35. The number of carbonyl (C=O) groups is 2. The van der Waals surface area contributed by atoms with Crippen molar-refractivity contribution in [3.63, 3.8) is 0 Å². The van der Waals surface area contributed by atoms with Crippen LogP contribution in [0.3, 0.4) is 0 Å². The van der Waals surface area contributed by atoms with E-state index in [0.29, 0.717) is 28.5 Å². The molecule has 4 nitrogen and oxygen atoms in total. The lowest BCUT2D eigenvalue weighted by molar-refractivity contribution is 0.0474. The molecule has 0 aliphatic heterocycles. The van der Waals surface area contributed by atoms with Crippen molar-refractivity contribution in [2.75, 3.05) is 13.2 Å². The van der Waals surface area contributed by atoms with Crippen LogP contribution in [0, 0.1) is 0 Å². The highest BCUT2D eigenvalue weighted by atomic mass is 35.5. The van der Waals surface area contributed by atoms with E-state index in [1.165, 1.54) is 18.2 Å². The van der Waals surface area contributed by atoms with Gasteiger partial charge in [0.1, 0.15) is 5.75 Å². The van der Waals surface area contributed by atoms with E-state index in [9.17, 15) is 9.59 Å². The van der Waals surface area contributed by atoms with Crippen molar-refractivity contribution in [2.24, 2.45) is 0 Å². The minimum absolute atomic E-state index is 0.275. The number of esters is 1. The maximum Gasteiger partial charge on any atom is 0.338 e. The van der Waals surface area contributed by atoms with Crippen LogP contribution in [0.4, 0.5) is 0 Å². The molecule has 0 N–H and O–H groups in total. The van der Waals surface area contributed by atoms with E-state index in [-0.39, 0.29) is 17.4 Å². The third-order valence-electron chi connectivity index (χ3n) is 3.43. The van der Waals surface area contributed by atoms with Gasteiger partial charge in [-0.05, 0) is 48.9 Å². The molecule has 0 unspecified atom stereocenters. The highest BCUT2D eigenvalue weighted by Gasteiger charge is 2.13. The Labute approximate surface area is 156 Å². The highest BCUT2D eigenvalue weighted by Crippen LogP contribution is 2.23. The molecule has 0 aliphatic carbocycles. The molecule has 0 fully saturated rings. The number of carbonyl (C=O) groups excluding carboxylic acids is 2. The van der Waals surface area contributed by atoms with Gasteiger partial charge in [0.2, 0.25) is 0 Å². The Morgan fingerprint density at radius 1 is 0.960 bits per heavy atom. The molecule has 0 bridgehead atoms. The molecule has 2 aromatic carbocycles. The number of benzene rings is 2. The Hall–Kier alpha value is -2.04. The average Bonchev–Trinajstić information content (AvgIpc) is 2.62. The summed E-state index contributed by atoms with van der Waals surface area (Å²) < 4.78 is 10.6. The minimum atomic E-state index is -0.575. The van der Waals surface area contributed by atoms with Crippen molar-refractivity contribution in [1.29, 1.82) is 0 Å². The fourth-order valence-electron chi connectivity index (χ4n) is 1.99. The Morgan fingerprint density at radius 2 is 1.64 bits per heavy atom. The van der Waals surface area contributed by atoms with Gasteiger partial charge >= 0.3 is 5.97 Å². The summed E-state index contributed by atoms with van der Waals surface area (Å²) in [5, 5.41) is 0.633. The zero-order valence-electron chi connectivity index (χ0n) is 13.8. The maximum absolute atomic E-state index is 12.0. The van der Waals surface area contributed by atoms with Gasteiger partial charge in [-0.2, -0.15) is 0 Å². The van der Waals surface area contributed by atoms with Crippen molar-refractivity contribution in [2.45, 2.75) is 19.8 Å². The molecule has 0 atom stereocenters. The summed E-state index contributed by atoms with van der Waals surface area (Å²) in [7, 11) is 0. The molecule has 0 heterocycles. The zero-order chi connectivity index (χ0) is 18.2. The van der Waals surface area contributed by atoms with Gasteiger partial charge < -0.3 is 9.47 Å². The number of halogens is 2. The van der Waals surface area contributed by atoms with E-state index >= 15 is 0 Å². The normalized spacial score (nSPS) is 10.4. The van der Waals surface area contributed by atoms with Gasteiger partial charge in [-0.3, -0.25) is 4.79 Å². The summed E-state index contributed by atoms with van der Waals surface area (Å²) in [5.74, 6) is -0.239. The van der Waals surface area contributed by atoms with Crippen molar-refractivity contribution >= 4 is 35.0 Å². The molecule has 0 amide bonds. The fraction of sp³-hybridized carbons (Fsp3) is 0.263. The molecule has 132 valence electrons. The first kappa shape index (κ1) is 19.3. The summed E-state index contributed by atoms with van der Waals surface area (Å²) in [6.07, 6.45) is 2.03. The summed E-state index contributed by atoms with van der Waals surface area (Å²) >= 11 is 11.7. The van der Waals surface area contributed by atoms with Gasteiger partial charge in [0.05, 0.1) is 22.2 Å². The van der Waals surface area contributed by atoms with Crippen LogP contribution in [0.5, 0.6) is 5.75 Å². The summed E-state index contributed by atoms with van der Waals surface area (Å²) in [6, 6.07) is 11.1. The first-order valence-corrected chi connectivity index (χ1v) is 8.65. The van der Waals surface area contributed by atoms with Crippen LogP contribution in [0.25, 0.3) is 0 Å². The largest absolute Gasteiger partial charge is 0.494 e. The van der Waals surface area contributed by atoms with Crippen molar-refractivity contribution < 1.29 is 19.1 Å². The molecular weight excluding hydrogens is 363 g/mol. The van der Waals surface area contributed by atoms with Crippen LogP contribution in [-0.4, -0.2) is 25.0 Å². The van der Waals surface area contributed by atoms with Crippen LogP contribution < -0.4 is 4.74 Å². The molecule has 0 aromatic heterocycles. The van der Waals surface area contributed by atoms with Crippen molar-refractivity contribution in [3.8, 4) is 5.75 Å². The van der Waals surface area contributed by atoms with Crippen molar-refractivity contribution in [1.82, 2.24) is 0 Å². The quantitative estimate of drug-likeness (QED) is 0.358. The minimum Gasteiger partial charge on any atom is -0.494 e. The van der Waals surface area contributed by atoms with Crippen LogP contribution in [0.15, 0.2) is 42.5 Å². The number of unbranched alkanes of at least 4 members (excludes halogenated alkanes) is 1. The predicted octanol–water partition coefficient (Wildman–Crippen LogP) is 5.21. The molecule has 2 aromatic rings. The summed E-state index contributed by atoms with van der Waals surface area (Å²) in [6.45, 7) is 2.35. The van der Waals surface area contributed by atoms with Gasteiger partial charge in [0.15, 0.2) is 12.4 Å². The van der Waals surface area contributed by atoms with Crippen LogP contribution >= 0.6 is 23.2 Å². The van der Waals surface area contributed by atoms with E-state index in [1.54, 1.807) is 24.3 Å². The third kappa shape index (κ3) is 5.76. The molecular formula is C19H18Cl2O4. The summed E-state index contributed by atoms with van der Waals surface area (Å²) in [4.78, 5) is 24.1. The number of rotatable bonds is 8. The lowest BCUT2D eigenvalue weighted by Crippen LogP contribution is -2.14. The van der Waals surface area contributed by atoms with Gasteiger partial charge in [0, 0.05) is 5.56 Å². The second-order valence-corrected chi connectivity index (χ2v) is 6.17. The Balaban J connectivity index is 1.88. The standard InChI is InChI=1S/C19H18Cl2O4/c1-2-3-10-24-15-7-4-13(5-8-15)19(23)25-12-18(22)14-6-9-16(20)17(21)11-14/h4-9,11H,2-3,10,12H2,1H3. The number of ketones is 1. The lowest BCUT2D eigenvalue weighted by atomic mass is 10.1. The number of Topliss-reactive ketones (excluding diaryl/α,β-unsaturated/α-hetero) is 1. The first-order valence-electron chi connectivity index (χ1n) is 7.89. The molecule has 0 radical (unpaired) electrons. The third-order valence-corrected chi connectivity index (χ3v) is 4.17. The van der Waals surface area contributed by atoms with Crippen LogP contribution in [0.1, 0.15) is 40.5 Å². The number of ether oxygens (including phenoxy) is 2. The van der Waals surface area contributed by atoms with Crippen LogP contribution in [-0.2, 0) is 4.74 Å². The fourth-order valence-corrected chi connectivity index (χ4v) is 2.29. The number of hydrogen-bond acceptors (Lipinski definition) is 4. The average molecular weight is 381 g/mol. The van der Waals surface area contributed by atoms with E-state index in [2.05, 4.69) is 6.92 Å². The van der Waals surface area contributed by atoms with E-state index in [4.69, 9.17) is 32.7 Å². The number of hydrogen-bond donors (Lipinski definition) is 0. The lowest BCUT2D eigenvalue weighted by Gasteiger charge is -2.07. The van der Waals surface area contributed by atoms with Gasteiger partial charge in [-0.25, -0.2) is 4.79 Å². The molecule has 25 heavy (non-hydrogen) atoms. The first-order chi connectivity index (χ1) is 12.0. The molecule has 0 saturated carbocycles. The second kappa shape index (κ2) is 9.44. The Morgan fingerprint density at radius 3 is 2.28 bits per heavy atom. The topological polar surface area (TPSA) is 52.6 Å². The van der Waals surface area contributed by atoms with Crippen LogP contribution in [0.2, 0.25) is 10.0 Å². The Kier molecular flexibility index (Phi) is 7.29. The Bertz CT molecular complexity index is 742. The highest BCUT2D eigenvalue weighted by molar-refractivity contribution is 6.42. The van der Waals surface area contributed by atoms with E-state index in [0.717, 1.165) is 12.8 Å². The summed E-state index contributed by atoms with van der Waals surface area (Å²) in [5.41, 5.74) is 0.687. The molecule has 0 spiro atoms. The predicted molar refractivity (Wildman–Crippen MR) is 97.9 cm³/mol. The van der Waals surface area contributed by atoms with E-state index < -0.39 is 5.97 Å². The maximum atomic E-state index is 12.0. The van der Waals surface area contributed by atoms with Gasteiger partial charge in [0.25, 0.3) is 0 Å². The van der Waals surface area contributed by atoms with E-state index in [1.807, 2.05) is 0 Å². The molecule has 0 aliphatic rings. The molecule has 0 saturated heterocycles. The monoisotopic (exact) mass is 380 g/mol. The molecule has 2 rings (SSSR count). The van der Waals surface area contributed by atoms with Gasteiger partial charge in [-0.15, -0.1) is 0 Å². The molecule has 6 heteroatoms. The SMILES string of the molecule is CCCCOc1ccc(C(=O)OCC(=O)c2ccc(Cl)c(Cl)c2)cc1. The van der Waals surface area contributed by atoms with Crippen molar-refractivity contribution in [3.05, 3.63) is 63.6 Å². The van der Waals surface area contributed by atoms with Gasteiger partial charge in [-0.1, -0.05) is 36.5 Å². The smallest absolute Gasteiger partial charge is 0.338 e.